The number of anilines is 1. The summed E-state index contributed by atoms with van der Waals surface area (Å²) in [6.45, 7) is 2.29. The van der Waals surface area contributed by atoms with Gasteiger partial charge >= 0.3 is 6.03 Å². The van der Waals surface area contributed by atoms with Crippen LogP contribution in [0.1, 0.15) is 18.4 Å². The number of carbonyl (C=O) groups excluding carboxylic acids is 2. The lowest BCUT2D eigenvalue weighted by molar-refractivity contribution is -0.120. The molecule has 3 N–H and O–H groups in total. The quantitative estimate of drug-likeness (QED) is 0.132. The number of alkyl halides is 6. The summed E-state index contributed by atoms with van der Waals surface area (Å²) in [6.07, 6.45) is 0.142. The highest BCUT2D eigenvalue weighted by Crippen LogP contribution is 2.40. The molecule has 2 aliphatic rings. The first-order chi connectivity index (χ1) is 24.3. The lowest BCUT2D eigenvalue weighted by atomic mass is 10.1. The first-order valence-electron chi connectivity index (χ1n) is 15.7. The van der Waals surface area contributed by atoms with Gasteiger partial charge in [-0.3, -0.25) is 10.1 Å². The zero-order chi connectivity index (χ0) is 36.6. The number of nitrogens with zero attached hydrogens (tertiary/aromatic N) is 1. The third-order valence-corrected chi connectivity index (χ3v) is 8.97. The Kier molecular flexibility index (Phi) is 13.4. The summed E-state index contributed by atoms with van der Waals surface area (Å²) < 4.78 is 18.5. The van der Waals surface area contributed by atoms with Crippen molar-refractivity contribution in [2.45, 2.75) is 32.9 Å². The Morgan fingerprint density at radius 1 is 0.784 bits per heavy atom. The molecule has 10 nitrogen and oxygen atoms in total. The number of amides is 3. The number of urea groups is 1. The van der Waals surface area contributed by atoms with E-state index >= 15 is 0 Å². The van der Waals surface area contributed by atoms with E-state index in [1.165, 1.54) is 19.2 Å². The number of rotatable bonds is 11. The van der Waals surface area contributed by atoms with Gasteiger partial charge < -0.3 is 34.5 Å². The number of benzene rings is 3. The molecule has 2 atom stereocenters. The molecule has 0 bridgehead atoms. The maximum absolute atomic E-state index is 14.0. The highest BCUT2D eigenvalue weighted by atomic mass is 35.6. The average molecular weight is 819 g/mol. The molecule has 16 heteroatoms. The molecule has 1 aliphatic carbocycles. The van der Waals surface area contributed by atoms with Crippen LogP contribution in [0.4, 0.5) is 10.5 Å². The lowest BCUT2D eigenvalue weighted by Gasteiger charge is -2.32. The van der Waals surface area contributed by atoms with Gasteiger partial charge in [0.15, 0.2) is 11.5 Å². The second-order valence-corrected chi connectivity index (χ2v) is 16.1. The van der Waals surface area contributed by atoms with Crippen molar-refractivity contribution in [2.75, 3.05) is 38.7 Å². The first-order valence-corrected chi connectivity index (χ1v) is 18.0. The van der Waals surface area contributed by atoms with Crippen molar-refractivity contribution in [1.82, 2.24) is 15.5 Å². The van der Waals surface area contributed by atoms with Crippen LogP contribution in [-0.2, 0) is 9.53 Å². The van der Waals surface area contributed by atoms with Gasteiger partial charge in [0, 0.05) is 30.0 Å². The van der Waals surface area contributed by atoms with E-state index in [9.17, 15) is 9.59 Å². The van der Waals surface area contributed by atoms with Crippen molar-refractivity contribution in [1.29, 1.82) is 0 Å². The van der Waals surface area contributed by atoms with Crippen LogP contribution >= 0.6 is 69.6 Å². The molecule has 1 saturated heterocycles. The van der Waals surface area contributed by atoms with E-state index in [-0.39, 0.29) is 11.5 Å². The fraction of sp³-hybridized carbons (Fsp3) is 0.314. The Hall–Kier alpha value is -3.22. The monoisotopic (exact) mass is 816 g/mol. The topological polar surface area (TPSA) is 110 Å². The number of methoxy groups -OCH3 is 1. The zero-order valence-corrected chi connectivity index (χ0v) is 31.7. The molecule has 0 saturated carbocycles. The molecule has 3 aromatic rings. The third kappa shape index (κ3) is 10.9. The molecule has 3 amide bonds. The molecule has 0 spiro atoms. The van der Waals surface area contributed by atoms with Gasteiger partial charge in [-0.2, -0.15) is 0 Å². The third-order valence-electron chi connectivity index (χ3n) is 7.78. The Morgan fingerprint density at radius 2 is 1.35 bits per heavy atom. The number of morpholine rings is 1. The molecule has 0 unspecified atom stereocenters. The summed E-state index contributed by atoms with van der Waals surface area (Å²) in [7, 11) is 1.53. The van der Waals surface area contributed by atoms with Crippen molar-refractivity contribution in [3.8, 4) is 17.2 Å². The number of para-hydroxylation sites is 2. The minimum Gasteiger partial charge on any atom is -0.497 e. The Bertz CT molecular complexity index is 1720. The number of hydrogen-bond donors (Lipinski definition) is 3. The van der Waals surface area contributed by atoms with E-state index in [1.54, 1.807) is 36.4 Å². The normalized spacial score (nSPS) is 17.1. The number of allylic oxidation sites excluding steroid dienone is 1. The number of nitrogens with one attached hydrogen (secondary N) is 3. The Balaban J connectivity index is 1.36. The van der Waals surface area contributed by atoms with Crippen LogP contribution in [0.15, 0.2) is 95.7 Å². The predicted octanol–water partition coefficient (Wildman–Crippen LogP) is 8.25. The lowest BCUT2D eigenvalue weighted by Crippen LogP contribution is -2.50. The summed E-state index contributed by atoms with van der Waals surface area (Å²) in [5.41, 5.74) is 3.81. The van der Waals surface area contributed by atoms with Crippen LogP contribution in [0.2, 0.25) is 0 Å². The molecule has 51 heavy (non-hydrogen) atoms. The predicted molar refractivity (Wildman–Crippen MR) is 202 cm³/mol. The molecule has 1 heterocycles. The zero-order valence-electron chi connectivity index (χ0n) is 27.1. The average Bonchev–Trinajstić information content (AvgIpc) is 3.52. The first kappa shape index (κ1) is 39.0. The van der Waals surface area contributed by atoms with Crippen LogP contribution < -0.4 is 30.2 Å². The van der Waals surface area contributed by atoms with Crippen molar-refractivity contribution in [3.63, 3.8) is 0 Å². The van der Waals surface area contributed by atoms with Gasteiger partial charge in [-0.05, 0) is 66.5 Å². The Morgan fingerprint density at radius 3 is 1.92 bits per heavy atom. The largest absolute Gasteiger partial charge is 0.497 e. The second-order valence-electron chi connectivity index (χ2n) is 11.3. The molecule has 0 radical (unpaired) electrons. The molecular formula is C35H34Cl6N4O6. The van der Waals surface area contributed by atoms with Gasteiger partial charge in [0.1, 0.15) is 5.75 Å². The smallest absolute Gasteiger partial charge is 0.322 e. The highest BCUT2D eigenvalue weighted by Gasteiger charge is 2.40. The van der Waals surface area contributed by atoms with Gasteiger partial charge in [-0.25, -0.2) is 4.79 Å². The van der Waals surface area contributed by atoms with Gasteiger partial charge in [-0.1, -0.05) is 112 Å². The minimum absolute atomic E-state index is 0.00856. The van der Waals surface area contributed by atoms with Gasteiger partial charge in [0.2, 0.25) is 20.0 Å². The summed E-state index contributed by atoms with van der Waals surface area (Å²) in [6, 6.07) is 22.0. The molecule has 3 aromatic carbocycles. The number of hydrogen-bond acceptors (Lipinski definition) is 7. The molecular weight excluding hydrogens is 785 g/mol. The van der Waals surface area contributed by atoms with E-state index in [4.69, 9.17) is 88.6 Å². The maximum Gasteiger partial charge on any atom is 0.322 e. The van der Waals surface area contributed by atoms with E-state index in [0.29, 0.717) is 56.2 Å². The van der Waals surface area contributed by atoms with Crippen molar-refractivity contribution >= 4 is 93.3 Å². The van der Waals surface area contributed by atoms with Crippen LogP contribution in [0.5, 0.6) is 17.2 Å². The maximum atomic E-state index is 14.0. The number of halogens is 6. The summed E-state index contributed by atoms with van der Waals surface area (Å²) in [4.78, 5) is 29.0. The fourth-order valence-electron chi connectivity index (χ4n) is 5.41. The summed E-state index contributed by atoms with van der Waals surface area (Å²) in [5, 5.41) is 7.88. The minimum atomic E-state index is -2.15. The number of ether oxygens (including phenoxy) is 4. The second kappa shape index (κ2) is 17.5. The number of carbonyl (C=O) groups is 2. The van der Waals surface area contributed by atoms with E-state index in [0.717, 1.165) is 16.8 Å². The Labute approximate surface area is 325 Å². The molecule has 1 fully saturated rings. The van der Waals surface area contributed by atoms with E-state index in [2.05, 4.69) is 26.9 Å². The van der Waals surface area contributed by atoms with Crippen LogP contribution in [0, 0.1) is 0 Å². The van der Waals surface area contributed by atoms with E-state index in [1.807, 2.05) is 30.3 Å². The summed E-state index contributed by atoms with van der Waals surface area (Å²) in [5.74, 6) is 0.156. The highest BCUT2D eigenvalue weighted by molar-refractivity contribution is 6.68. The molecule has 5 rings (SSSR count). The van der Waals surface area contributed by atoms with Crippen LogP contribution in [0.3, 0.4) is 0 Å². The fourth-order valence-corrected chi connectivity index (χ4v) is 6.00. The van der Waals surface area contributed by atoms with Crippen LogP contribution in [0.25, 0.3) is 6.08 Å². The van der Waals surface area contributed by atoms with Crippen LogP contribution in [-0.4, -0.2) is 70.3 Å². The van der Waals surface area contributed by atoms with Crippen molar-refractivity contribution in [2.24, 2.45) is 0 Å². The molecule has 0 aromatic heterocycles. The SMILES string of the molecule is COc1ccc(NC(=O)N[C@@H](Oc2ccccc2O[C@H](NC(=O)C2=C(N3CCOCC3)/C(=C/c3ccccc3)CC2)C(Cl)(Cl)Cl)C(Cl)(Cl)Cl)cc1. The standard InChI is InChI=1S/C35H34Cl6N4O6/c1-48-25-14-12-24(13-15-25)42-33(47)44-32(35(39,40)41)51-28-10-6-5-9-27(28)50-31(34(36,37)38)43-30(46)26-16-11-23(21-22-7-3-2-4-8-22)29(26)45-17-19-49-20-18-45/h2-10,12-15,21,31-32H,11,16-20H2,1H3,(H,43,46)(H2,42,44,47)/b23-21+/t31-,32-/m0/s1. The molecule has 272 valence electrons. The van der Waals surface area contributed by atoms with Gasteiger partial charge in [-0.15, -0.1) is 0 Å². The van der Waals surface area contributed by atoms with Crippen molar-refractivity contribution < 1.29 is 28.5 Å². The van der Waals surface area contributed by atoms with E-state index < -0.39 is 32.0 Å². The van der Waals surface area contributed by atoms with Gasteiger partial charge in [0.05, 0.1) is 20.3 Å². The van der Waals surface area contributed by atoms with Crippen molar-refractivity contribution in [3.05, 3.63) is 101 Å². The van der Waals surface area contributed by atoms with Gasteiger partial charge in [0.25, 0.3) is 5.91 Å². The molecule has 1 aliphatic heterocycles. The summed E-state index contributed by atoms with van der Waals surface area (Å²) >= 11 is 37.8.